The molecular weight excluding hydrogens is 334 g/mol. The van der Waals surface area contributed by atoms with Crippen LogP contribution >= 0.6 is 11.3 Å². The first-order valence-corrected chi connectivity index (χ1v) is 9.09. The van der Waals surface area contributed by atoms with Crippen molar-refractivity contribution in [2.75, 3.05) is 16.8 Å². The zero-order valence-corrected chi connectivity index (χ0v) is 15.0. The van der Waals surface area contributed by atoms with Crippen LogP contribution in [-0.2, 0) is 0 Å². The van der Waals surface area contributed by atoms with Crippen LogP contribution in [-0.4, -0.2) is 31.5 Å². The number of aromatic nitrogens is 5. The van der Waals surface area contributed by atoms with E-state index in [9.17, 15) is 0 Å². The lowest BCUT2D eigenvalue weighted by atomic mass is 10.1. The highest BCUT2D eigenvalue weighted by molar-refractivity contribution is 7.15. The van der Waals surface area contributed by atoms with Gasteiger partial charge in [0, 0.05) is 36.1 Å². The van der Waals surface area contributed by atoms with Gasteiger partial charge in [-0.05, 0) is 32.8 Å². The average Bonchev–Trinajstić information content (AvgIpc) is 3.24. The van der Waals surface area contributed by atoms with Gasteiger partial charge in [0.25, 0.3) is 0 Å². The average molecular weight is 353 g/mol. The lowest BCUT2D eigenvalue weighted by Crippen LogP contribution is -2.25. The summed E-state index contributed by atoms with van der Waals surface area (Å²) >= 11 is 1.61. The number of anilines is 3. The molecule has 0 saturated carbocycles. The second-order valence-corrected chi connectivity index (χ2v) is 7.26. The van der Waals surface area contributed by atoms with Crippen LogP contribution in [0.3, 0.4) is 0 Å². The zero-order chi connectivity index (χ0) is 17.2. The number of aryl methyl sites for hydroxylation is 2. The van der Waals surface area contributed by atoms with E-state index in [0.717, 1.165) is 52.7 Å². The van der Waals surface area contributed by atoms with E-state index in [0.29, 0.717) is 0 Å². The Hall–Kier alpha value is -2.61. The Labute approximate surface area is 150 Å². The van der Waals surface area contributed by atoms with Gasteiger partial charge >= 0.3 is 0 Å². The van der Waals surface area contributed by atoms with E-state index in [1.807, 2.05) is 32.2 Å². The third kappa shape index (κ3) is 3.43. The maximum Gasteiger partial charge on any atom is 0.225 e. The minimum Gasteiger partial charge on any atom is -0.332 e. The highest BCUT2D eigenvalue weighted by atomic mass is 32.1. The normalized spacial score (nSPS) is 17.0. The third-order valence-corrected chi connectivity index (χ3v) is 4.95. The minimum atomic E-state index is 0.169. The van der Waals surface area contributed by atoms with E-state index in [1.54, 1.807) is 23.7 Å². The molecule has 1 atom stereocenters. The Morgan fingerprint density at radius 3 is 2.76 bits per heavy atom. The Morgan fingerprint density at radius 1 is 1.16 bits per heavy atom. The summed E-state index contributed by atoms with van der Waals surface area (Å²) in [5.74, 6) is 2.28. The zero-order valence-electron chi connectivity index (χ0n) is 14.2. The van der Waals surface area contributed by atoms with Crippen LogP contribution in [0, 0.1) is 13.8 Å². The largest absolute Gasteiger partial charge is 0.332 e. The quantitative estimate of drug-likeness (QED) is 0.769. The smallest absolute Gasteiger partial charge is 0.225 e. The number of nitrogens with zero attached hydrogens (tertiary/aromatic N) is 6. The Balaban J connectivity index is 1.63. The Bertz CT molecular complexity index is 864. The van der Waals surface area contributed by atoms with Crippen LogP contribution in [0.15, 0.2) is 30.7 Å². The summed E-state index contributed by atoms with van der Waals surface area (Å²) < 4.78 is 0. The molecule has 3 aromatic heterocycles. The number of hydrogen-bond acceptors (Lipinski definition) is 8. The molecule has 1 fully saturated rings. The lowest BCUT2D eigenvalue weighted by molar-refractivity contribution is 0.673. The van der Waals surface area contributed by atoms with Crippen LogP contribution in [0.25, 0.3) is 0 Å². The Kier molecular flexibility index (Phi) is 4.27. The van der Waals surface area contributed by atoms with Crippen molar-refractivity contribution < 1.29 is 0 Å². The first-order valence-electron chi connectivity index (χ1n) is 8.28. The van der Waals surface area contributed by atoms with Crippen molar-refractivity contribution in [1.82, 2.24) is 24.9 Å². The van der Waals surface area contributed by atoms with Crippen molar-refractivity contribution in [2.24, 2.45) is 0 Å². The van der Waals surface area contributed by atoms with Gasteiger partial charge in [-0.1, -0.05) is 0 Å². The summed E-state index contributed by atoms with van der Waals surface area (Å²) in [6.07, 6.45) is 7.54. The molecule has 8 heteroatoms. The topological polar surface area (TPSA) is 79.7 Å². The number of thiazole rings is 1. The molecule has 4 rings (SSSR count). The molecular formula is C17H19N7S. The summed E-state index contributed by atoms with van der Waals surface area (Å²) in [5, 5.41) is 4.13. The molecule has 128 valence electrons. The van der Waals surface area contributed by atoms with Crippen LogP contribution in [0.5, 0.6) is 0 Å². The van der Waals surface area contributed by atoms with Gasteiger partial charge in [0.05, 0.1) is 11.7 Å². The van der Waals surface area contributed by atoms with Crippen molar-refractivity contribution in [3.8, 4) is 0 Å². The predicted molar refractivity (Wildman–Crippen MR) is 98.3 cm³/mol. The van der Waals surface area contributed by atoms with Gasteiger partial charge in [-0.25, -0.2) is 24.9 Å². The summed E-state index contributed by atoms with van der Waals surface area (Å²) in [5.41, 5.74) is 0.994. The monoisotopic (exact) mass is 353 g/mol. The molecule has 1 N–H and O–H groups in total. The van der Waals surface area contributed by atoms with Crippen molar-refractivity contribution in [2.45, 2.75) is 32.7 Å². The first kappa shape index (κ1) is 15.9. The molecule has 0 radical (unpaired) electrons. The number of hydrogen-bond donors (Lipinski definition) is 1. The number of nitrogens with one attached hydrogen (secondary N) is 1. The molecule has 25 heavy (non-hydrogen) atoms. The standard InChI is InChI=1S/C17H19N7S/c1-11-10-20-17(25-11)23-15-9-13(21-12(2)22-15)14-5-3-8-24(14)16-18-6-4-7-19-16/h4,6-7,9-10,14H,3,5,8H2,1-2H3,(H,20,21,22,23). The summed E-state index contributed by atoms with van der Waals surface area (Å²) in [4.78, 5) is 25.7. The SMILES string of the molecule is Cc1nc(Nc2ncc(C)s2)cc(C2CCCN2c2ncccn2)n1. The van der Waals surface area contributed by atoms with E-state index < -0.39 is 0 Å². The van der Waals surface area contributed by atoms with Gasteiger partial charge < -0.3 is 10.2 Å². The Morgan fingerprint density at radius 2 is 2.00 bits per heavy atom. The second-order valence-electron chi connectivity index (χ2n) is 6.03. The van der Waals surface area contributed by atoms with E-state index in [2.05, 4.69) is 35.1 Å². The van der Waals surface area contributed by atoms with Crippen molar-refractivity contribution in [1.29, 1.82) is 0 Å². The van der Waals surface area contributed by atoms with E-state index >= 15 is 0 Å². The fraction of sp³-hybridized carbons (Fsp3) is 0.353. The molecule has 0 spiro atoms. The minimum absolute atomic E-state index is 0.169. The van der Waals surface area contributed by atoms with Gasteiger partial charge in [-0.2, -0.15) is 0 Å². The van der Waals surface area contributed by atoms with Crippen LogP contribution in [0.1, 0.15) is 35.3 Å². The maximum atomic E-state index is 4.67. The fourth-order valence-corrected chi connectivity index (χ4v) is 3.77. The highest BCUT2D eigenvalue weighted by Crippen LogP contribution is 2.34. The fourth-order valence-electron chi connectivity index (χ4n) is 3.10. The molecule has 1 aliphatic heterocycles. The molecule has 3 aromatic rings. The lowest BCUT2D eigenvalue weighted by Gasteiger charge is -2.24. The van der Waals surface area contributed by atoms with Crippen molar-refractivity contribution in [3.05, 3.63) is 47.1 Å². The predicted octanol–water partition coefficient (Wildman–Crippen LogP) is 3.43. The van der Waals surface area contributed by atoms with Gasteiger partial charge in [-0.15, -0.1) is 11.3 Å². The van der Waals surface area contributed by atoms with E-state index in [4.69, 9.17) is 0 Å². The van der Waals surface area contributed by atoms with Gasteiger partial charge in [0.2, 0.25) is 5.95 Å². The van der Waals surface area contributed by atoms with E-state index in [-0.39, 0.29) is 6.04 Å². The first-order chi connectivity index (χ1) is 12.2. The maximum absolute atomic E-state index is 4.67. The molecule has 0 amide bonds. The number of rotatable bonds is 4. The molecule has 1 unspecified atom stereocenters. The molecule has 7 nitrogen and oxygen atoms in total. The molecule has 0 bridgehead atoms. The third-order valence-electron chi connectivity index (χ3n) is 4.12. The van der Waals surface area contributed by atoms with Gasteiger partial charge in [-0.3, -0.25) is 0 Å². The molecule has 4 heterocycles. The molecule has 1 aliphatic rings. The molecule has 0 aliphatic carbocycles. The van der Waals surface area contributed by atoms with Gasteiger partial charge in [0.15, 0.2) is 5.13 Å². The van der Waals surface area contributed by atoms with Crippen molar-refractivity contribution in [3.63, 3.8) is 0 Å². The van der Waals surface area contributed by atoms with Crippen LogP contribution in [0.2, 0.25) is 0 Å². The van der Waals surface area contributed by atoms with Crippen LogP contribution < -0.4 is 10.2 Å². The van der Waals surface area contributed by atoms with Gasteiger partial charge in [0.1, 0.15) is 11.6 Å². The second kappa shape index (κ2) is 6.72. The molecule has 0 aromatic carbocycles. The van der Waals surface area contributed by atoms with E-state index in [1.165, 1.54) is 0 Å². The summed E-state index contributed by atoms with van der Waals surface area (Å²) in [7, 11) is 0. The van der Waals surface area contributed by atoms with Crippen LogP contribution in [0.4, 0.5) is 16.9 Å². The summed E-state index contributed by atoms with van der Waals surface area (Å²) in [6, 6.07) is 4.01. The van der Waals surface area contributed by atoms with Crippen molar-refractivity contribution >= 4 is 28.2 Å². The molecule has 1 saturated heterocycles. The summed E-state index contributed by atoms with van der Waals surface area (Å²) in [6.45, 7) is 4.89. The highest BCUT2D eigenvalue weighted by Gasteiger charge is 2.29.